The predicted octanol–water partition coefficient (Wildman–Crippen LogP) is 2.71. The first-order valence-corrected chi connectivity index (χ1v) is 4.03. The van der Waals surface area contributed by atoms with Crippen molar-refractivity contribution in [3.63, 3.8) is 0 Å². The van der Waals surface area contributed by atoms with Gasteiger partial charge in [-0.3, -0.25) is 0 Å². The second-order valence-corrected chi connectivity index (χ2v) is 3.69. The highest BCUT2D eigenvalue weighted by Crippen LogP contribution is 2.26. The molecule has 0 aromatic rings. The lowest BCUT2D eigenvalue weighted by Gasteiger charge is -2.21. The fraction of sp³-hybridized carbons (Fsp3) is 0.667. The second kappa shape index (κ2) is 4.14. The summed E-state index contributed by atoms with van der Waals surface area (Å²) >= 11 is 0. The Bertz CT molecular complexity index is 199. The molecule has 0 rings (SSSR count). The molecule has 3 nitrogen and oxygen atoms in total. The Labute approximate surface area is 73.4 Å². The van der Waals surface area contributed by atoms with E-state index in [0.29, 0.717) is 17.7 Å². The van der Waals surface area contributed by atoms with Crippen LogP contribution in [-0.4, -0.2) is 16.0 Å². The molecule has 0 unspecified atom stereocenters. The van der Waals surface area contributed by atoms with Gasteiger partial charge < -0.3 is 10.3 Å². The van der Waals surface area contributed by atoms with Crippen LogP contribution >= 0.6 is 0 Å². The van der Waals surface area contributed by atoms with Gasteiger partial charge in [0.15, 0.2) is 0 Å². The molecule has 2 N–H and O–H groups in total. The zero-order chi connectivity index (χ0) is 9.78. The Kier molecular flexibility index (Phi) is 3.80. The number of aliphatic hydroxyl groups is 1. The van der Waals surface area contributed by atoms with E-state index >= 15 is 0 Å². The van der Waals surface area contributed by atoms with Crippen LogP contribution < -0.4 is 0 Å². The molecule has 0 saturated heterocycles. The molecule has 0 aliphatic heterocycles. The smallest absolute Gasteiger partial charge is 0.0860 e. The van der Waals surface area contributed by atoms with Gasteiger partial charge in [0.05, 0.1) is 12.0 Å². The Morgan fingerprint density at radius 2 is 1.92 bits per heavy atom. The predicted molar refractivity (Wildman–Crippen MR) is 49.7 cm³/mol. The maximum Gasteiger partial charge on any atom is 0.0860 e. The molecule has 0 aliphatic rings. The summed E-state index contributed by atoms with van der Waals surface area (Å²) in [6.45, 7) is 7.74. The lowest BCUT2D eigenvalue weighted by atomic mass is 9.83. The Morgan fingerprint density at radius 3 is 2.00 bits per heavy atom. The largest absolute Gasteiger partial charge is 0.515 e. The first-order chi connectivity index (χ1) is 5.47. The van der Waals surface area contributed by atoms with Crippen LogP contribution in [0.25, 0.3) is 0 Å². The van der Waals surface area contributed by atoms with Gasteiger partial charge in [-0.25, -0.2) is 0 Å². The molecule has 0 heterocycles. The minimum atomic E-state index is -0.188. The summed E-state index contributed by atoms with van der Waals surface area (Å²) in [5, 5.41) is 20.7. The number of aliphatic hydroxyl groups excluding tert-OH is 1. The highest BCUT2D eigenvalue weighted by atomic mass is 16.4. The molecule has 3 heteroatoms. The first kappa shape index (κ1) is 11.0. The molecule has 0 saturated carbocycles. The van der Waals surface area contributed by atoms with Crippen molar-refractivity contribution in [1.29, 1.82) is 0 Å². The van der Waals surface area contributed by atoms with E-state index in [4.69, 9.17) is 10.3 Å². The third kappa shape index (κ3) is 2.57. The number of allylic oxidation sites excluding steroid dienone is 1. The van der Waals surface area contributed by atoms with Crippen molar-refractivity contribution >= 4 is 5.71 Å². The highest BCUT2D eigenvalue weighted by Gasteiger charge is 2.21. The molecule has 0 spiro atoms. The number of hydrogen-bond donors (Lipinski definition) is 2. The second-order valence-electron chi connectivity index (χ2n) is 3.69. The third-order valence-corrected chi connectivity index (χ3v) is 1.70. The van der Waals surface area contributed by atoms with Crippen LogP contribution in [0.4, 0.5) is 0 Å². The van der Waals surface area contributed by atoms with Crippen molar-refractivity contribution in [1.82, 2.24) is 0 Å². The van der Waals surface area contributed by atoms with Crippen LogP contribution in [0.2, 0.25) is 0 Å². The zero-order valence-electron chi connectivity index (χ0n) is 8.13. The molecular formula is C9H17NO2. The average Bonchev–Trinajstić information content (AvgIpc) is 1.97. The van der Waals surface area contributed by atoms with Crippen molar-refractivity contribution < 1.29 is 10.3 Å². The summed E-state index contributed by atoms with van der Waals surface area (Å²) in [6, 6.07) is 0. The summed E-state index contributed by atoms with van der Waals surface area (Å²) in [5.41, 5.74) is 1.02. The van der Waals surface area contributed by atoms with E-state index in [0.717, 1.165) is 6.26 Å². The van der Waals surface area contributed by atoms with Gasteiger partial charge >= 0.3 is 0 Å². The van der Waals surface area contributed by atoms with E-state index in [1.54, 1.807) is 0 Å². The fourth-order valence-electron chi connectivity index (χ4n) is 1.02. The van der Waals surface area contributed by atoms with Gasteiger partial charge in [-0.2, -0.15) is 0 Å². The van der Waals surface area contributed by atoms with Gasteiger partial charge in [0.2, 0.25) is 0 Å². The van der Waals surface area contributed by atoms with Gasteiger partial charge in [0.1, 0.15) is 0 Å². The molecule has 0 fully saturated rings. The fourth-order valence-corrected chi connectivity index (χ4v) is 1.02. The molecule has 0 bridgehead atoms. The molecular weight excluding hydrogens is 154 g/mol. The molecule has 0 aromatic heterocycles. The molecule has 0 aromatic carbocycles. The summed E-state index contributed by atoms with van der Waals surface area (Å²) in [4.78, 5) is 0. The van der Waals surface area contributed by atoms with Gasteiger partial charge in [-0.05, 0) is 11.8 Å². The minimum absolute atomic E-state index is 0.188. The van der Waals surface area contributed by atoms with E-state index in [2.05, 4.69) is 5.16 Å². The summed E-state index contributed by atoms with van der Waals surface area (Å²) in [6.07, 6.45) is 1.62. The van der Waals surface area contributed by atoms with E-state index in [1.807, 2.05) is 27.7 Å². The summed E-state index contributed by atoms with van der Waals surface area (Å²) in [5.74, 6) is 0. The molecule has 0 atom stereocenters. The van der Waals surface area contributed by atoms with E-state index in [1.165, 1.54) is 0 Å². The van der Waals surface area contributed by atoms with Gasteiger partial charge in [0, 0.05) is 5.57 Å². The standard InChI is InChI=1S/C9H17NO2/c1-5-8(10-12)7(6-11)9(2,3)4/h6,11-12H,5H2,1-4H3/b7-6-,10-8-. The first-order valence-electron chi connectivity index (χ1n) is 4.03. The van der Waals surface area contributed by atoms with Crippen molar-refractivity contribution in [3.05, 3.63) is 11.8 Å². The highest BCUT2D eigenvalue weighted by molar-refractivity contribution is 6.00. The van der Waals surface area contributed by atoms with Gasteiger partial charge in [-0.1, -0.05) is 32.9 Å². The van der Waals surface area contributed by atoms with Crippen molar-refractivity contribution in [2.24, 2.45) is 10.6 Å². The van der Waals surface area contributed by atoms with Crippen LogP contribution in [0.3, 0.4) is 0 Å². The van der Waals surface area contributed by atoms with Crippen molar-refractivity contribution in [2.75, 3.05) is 0 Å². The average molecular weight is 171 g/mol. The molecule has 0 amide bonds. The topological polar surface area (TPSA) is 52.8 Å². The van der Waals surface area contributed by atoms with Crippen LogP contribution in [0.1, 0.15) is 34.1 Å². The zero-order valence-corrected chi connectivity index (χ0v) is 8.13. The van der Waals surface area contributed by atoms with Crippen molar-refractivity contribution in [3.8, 4) is 0 Å². The van der Waals surface area contributed by atoms with Crippen LogP contribution in [0.15, 0.2) is 17.0 Å². The quantitative estimate of drug-likeness (QED) is 0.290. The maximum atomic E-state index is 8.94. The van der Waals surface area contributed by atoms with Crippen LogP contribution in [0.5, 0.6) is 0 Å². The SMILES string of the molecule is CCC(=N/O)/C(=C/O)C(C)(C)C. The Morgan fingerprint density at radius 1 is 1.42 bits per heavy atom. The van der Waals surface area contributed by atoms with Crippen LogP contribution in [-0.2, 0) is 0 Å². The monoisotopic (exact) mass is 171 g/mol. The third-order valence-electron chi connectivity index (χ3n) is 1.70. The lowest BCUT2D eigenvalue weighted by molar-refractivity contribution is 0.315. The van der Waals surface area contributed by atoms with E-state index < -0.39 is 0 Å². The van der Waals surface area contributed by atoms with Gasteiger partial charge in [-0.15, -0.1) is 0 Å². The molecule has 12 heavy (non-hydrogen) atoms. The number of nitrogens with zero attached hydrogens (tertiary/aromatic N) is 1. The Hall–Kier alpha value is -0.990. The maximum absolute atomic E-state index is 8.94. The molecule has 0 radical (unpaired) electrons. The summed E-state index contributed by atoms with van der Waals surface area (Å²) in [7, 11) is 0. The van der Waals surface area contributed by atoms with Crippen LogP contribution in [0, 0.1) is 5.41 Å². The number of hydrogen-bond acceptors (Lipinski definition) is 3. The number of rotatable bonds is 2. The summed E-state index contributed by atoms with van der Waals surface area (Å²) < 4.78 is 0. The van der Waals surface area contributed by atoms with E-state index in [-0.39, 0.29) is 5.41 Å². The van der Waals surface area contributed by atoms with Crippen molar-refractivity contribution in [2.45, 2.75) is 34.1 Å². The number of oxime groups is 1. The lowest BCUT2D eigenvalue weighted by Crippen LogP contribution is -2.17. The molecule has 70 valence electrons. The Balaban J connectivity index is 4.82. The van der Waals surface area contributed by atoms with E-state index in [9.17, 15) is 0 Å². The normalized spacial score (nSPS) is 15.0. The minimum Gasteiger partial charge on any atom is -0.515 e. The molecule has 0 aliphatic carbocycles. The van der Waals surface area contributed by atoms with Gasteiger partial charge in [0.25, 0.3) is 0 Å².